The Labute approximate surface area is 197 Å². The fraction of sp³-hybridized carbons (Fsp3) is 0.481. The lowest BCUT2D eigenvalue weighted by Gasteiger charge is -2.31. The summed E-state index contributed by atoms with van der Waals surface area (Å²) < 4.78 is 0. The number of aryl methyl sites for hydroxylation is 2. The van der Waals surface area contributed by atoms with Crippen molar-refractivity contribution in [2.45, 2.75) is 83.8 Å². The van der Waals surface area contributed by atoms with Crippen molar-refractivity contribution in [1.82, 2.24) is 10.2 Å². The Bertz CT molecular complexity index is 891. The predicted molar refractivity (Wildman–Crippen MR) is 131 cm³/mol. The summed E-state index contributed by atoms with van der Waals surface area (Å²) in [5.41, 5.74) is 3.27. The maximum atomic E-state index is 13.3. The Kier molecular flexibility index (Phi) is 9.16. The van der Waals surface area contributed by atoms with E-state index in [2.05, 4.69) is 36.5 Å². The molecular weight excluding hydrogens is 420 g/mol. The molecule has 2 amide bonds. The molecule has 1 aliphatic rings. The molecule has 32 heavy (non-hydrogen) atoms. The quantitative estimate of drug-likeness (QED) is 0.528. The van der Waals surface area contributed by atoms with Crippen LogP contribution in [-0.2, 0) is 29.0 Å². The first-order chi connectivity index (χ1) is 15.5. The largest absolute Gasteiger partial charge is 0.352 e. The minimum absolute atomic E-state index is 0.0317. The number of benzene rings is 2. The zero-order chi connectivity index (χ0) is 22.9. The molecule has 1 saturated carbocycles. The summed E-state index contributed by atoms with van der Waals surface area (Å²) in [5, 5.41) is 3.79. The molecule has 4 nitrogen and oxygen atoms in total. The Hall–Kier alpha value is -2.33. The van der Waals surface area contributed by atoms with E-state index in [9.17, 15) is 9.59 Å². The number of carbonyl (C=O) groups is 2. The Morgan fingerprint density at radius 3 is 2.34 bits per heavy atom. The fourth-order valence-corrected chi connectivity index (χ4v) is 4.49. The van der Waals surface area contributed by atoms with Gasteiger partial charge in [-0.25, -0.2) is 0 Å². The third-order valence-electron chi connectivity index (χ3n) is 6.48. The van der Waals surface area contributed by atoms with Crippen molar-refractivity contribution < 1.29 is 9.59 Å². The maximum Gasteiger partial charge on any atom is 0.242 e. The predicted octanol–water partition coefficient (Wildman–Crippen LogP) is 5.70. The van der Waals surface area contributed by atoms with Crippen LogP contribution in [0.3, 0.4) is 0 Å². The van der Waals surface area contributed by atoms with Crippen LogP contribution in [0.15, 0.2) is 48.5 Å². The molecule has 0 radical (unpaired) electrons. The smallest absolute Gasteiger partial charge is 0.242 e. The van der Waals surface area contributed by atoms with Gasteiger partial charge in [-0.2, -0.15) is 0 Å². The van der Waals surface area contributed by atoms with Gasteiger partial charge in [0.15, 0.2) is 0 Å². The Morgan fingerprint density at radius 2 is 1.69 bits per heavy atom. The van der Waals surface area contributed by atoms with Crippen molar-refractivity contribution in [3.05, 3.63) is 70.2 Å². The standard InChI is InChI=1S/C27H35ClN2O2/c1-3-21-13-15-22(16-14-21)17-18-26(31)30(19-23-9-7-8-12-25(23)28)20(2)27(32)29-24-10-5-4-6-11-24/h7-9,12-16,20,24H,3-6,10-11,17-19H2,1-2H3,(H,29,32). The number of carbonyl (C=O) groups excluding carboxylic acids is 2. The lowest BCUT2D eigenvalue weighted by Crippen LogP contribution is -2.50. The van der Waals surface area contributed by atoms with Crippen molar-refractivity contribution in [1.29, 1.82) is 0 Å². The number of nitrogens with one attached hydrogen (secondary N) is 1. The first-order valence-corrected chi connectivity index (χ1v) is 12.3. The van der Waals surface area contributed by atoms with Gasteiger partial charge in [0.2, 0.25) is 11.8 Å². The van der Waals surface area contributed by atoms with Crippen LogP contribution in [0.2, 0.25) is 5.02 Å². The van der Waals surface area contributed by atoms with Crippen LogP contribution < -0.4 is 5.32 Å². The van der Waals surface area contributed by atoms with Crippen molar-refractivity contribution >= 4 is 23.4 Å². The molecule has 2 aromatic rings. The van der Waals surface area contributed by atoms with Gasteiger partial charge in [0.1, 0.15) is 6.04 Å². The van der Waals surface area contributed by atoms with Crippen molar-refractivity contribution in [3.8, 4) is 0 Å². The van der Waals surface area contributed by atoms with Crippen LogP contribution in [0.25, 0.3) is 0 Å². The first-order valence-electron chi connectivity index (χ1n) is 11.9. The van der Waals surface area contributed by atoms with Crippen LogP contribution in [0.4, 0.5) is 0 Å². The van der Waals surface area contributed by atoms with E-state index in [0.29, 0.717) is 24.4 Å². The van der Waals surface area contributed by atoms with Gasteiger partial charge in [-0.05, 0) is 55.4 Å². The minimum Gasteiger partial charge on any atom is -0.352 e. The zero-order valence-corrected chi connectivity index (χ0v) is 20.0. The van der Waals surface area contributed by atoms with E-state index in [1.807, 2.05) is 31.2 Å². The number of rotatable bonds is 9. The average molecular weight is 455 g/mol. The van der Waals surface area contributed by atoms with Crippen LogP contribution in [0, 0.1) is 0 Å². The molecule has 0 aliphatic heterocycles. The third kappa shape index (κ3) is 6.83. The van der Waals surface area contributed by atoms with Gasteiger partial charge in [0.05, 0.1) is 0 Å². The molecule has 1 atom stereocenters. The zero-order valence-electron chi connectivity index (χ0n) is 19.3. The molecule has 5 heteroatoms. The topological polar surface area (TPSA) is 49.4 Å². The molecule has 0 bridgehead atoms. The summed E-state index contributed by atoms with van der Waals surface area (Å²) in [6.45, 7) is 4.28. The number of hydrogen-bond acceptors (Lipinski definition) is 2. The number of hydrogen-bond donors (Lipinski definition) is 1. The summed E-state index contributed by atoms with van der Waals surface area (Å²) in [5.74, 6) is -0.111. The van der Waals surface area contributed by atoms with Gasteiger partial charge in [-0.15, -0.1) is 0 Å². The van der Waals surface area contributed by atoms with E-state index in [0.717, 1.165) is 43.2 Å². The van der Waals surface area contributed by atoms with Crippen LogP contribution in [0.5, 0.6) is 0 Å². The van der Waals surface area contributed by atoms with Crippen molar-refractivity contribution in [2.24, 2.45) is 0 Å². The summed E-state index contributed by atoms with van der Waals surface area (Å²) in [6, 6.07) is 15.6. The second-order valence-electron chi connectivity index (χ2n) is 8.80. The molecule has 2 aromatic carbocycles. The van der Waals surface area contributed by atoms with Crippen LogP contribution in [0.1, 0.15) is 69.1 Å². The van der Waals surface area contributed by atoms with Crippen LogP contribution >= 0.6 is 11.6 Å². The third-order valence-corrected chi connectivity index (χ3v) is 6.84. The second-order valence-corrected chi connectivity index (χ2v) is 9.21. The lowest BCUT2D eigenvalue weighted by molar-refractivity contribution is -0.141. The van der Waals surface area contributed by atoms with Crippen LogP contribution in [-0.4, -0.2) is 28.8 Å². The van der Waals surface area contributed by atoms with Gasteiger partial charge in [-0.3, -0.25) is 9.59 Å². The van der Waals surface area contributed by atoms with Gasteiger partial charge in [0.25, 0.3) is 0 Å². The number of nitrogens with zero attached hydrogens (tertiary/aromatic N) is 1. The minimum atomic E-state index is -0.553. The normalized spacial score (nSPS) is 15.2. The van der Waals surface area contributed by atoms with Gasteiger partial charge < -0.3 is 10.2 Å². The highest BCUT2D eigenvalue weighted by Crippen LogP contribution is 2.21. The Balaban J connectivity index is 1.70. The molecule has 0 aromatic heterocycles. The molecule has 1 N–H and O–H groups in total. The highest BCUT2D eigenvalue weighted by molar-refractivity contribution is 6.31. The fourth-order valence-electron chi connectivity index (χ4n) is 4.30. The number of amides is 2. The summed E-state index contributed by atoms with van der Waals surface area (Å²) in [6.07, 6.45) is 7.58. The van der Waals surface area contributed by atoms with E-state index >= 15 is 0 Å². The van der Waals surface area contributed by atoms with E-state index in [-0.39, 0.29) is 17.9 Å². The molecule has 0 heterocycles. The van der Waals surface area contributed by atoms with E-state index < -0.39 is 6.04 Å². The lowest BCUT2D eigenvalue weighted by atomic mass is 9.95. The monoisotopic (exact) mass is 454 g/mol. The maximum absolute atomic E-state index is 13.3. The molecule has 1 fully saturated rings. The first kappa shape index (κ1) is 24.3. The van der Waals surface area contributed by atoms with E-state index in [4.69, 9.17) is 11.6 Å². The van der Waals surface area contributed by atoms with E-state index in [1.165, 1.54) is 12.0 Å². The average Bonchev–Trinajstić information content (AvgIpc) is 2.82. The summed E-state index contributed by atoms with van der Waals surface area (Å²) in [4.78, 5) is 28.0. The SMILES string of the molecule is CCc1ccc(CCC(=O)N(Cc2ccccc2Cl)C(C)C(=O)NC2CCCCC2)cc1. The molecule has 3 rings (SSSR count). The molecule has 0 saturated heterocycles. The molecular formula is C27H35ClN2O2. The van der Waals surface area contributed by atoms with Gasteiger partial charge >= 0.3 is 0 Å². The number of halogens is 1. The second kappa shape index (κ2) is 12.1. The summed E-state index contributed by atoms with van der Waals surface area (Å²) >= 11 is 6.38. The van der Waals surface area contributed by atoms with Crippen molar-refractivity contribution in [3.63, 3.8) is 0 Å². The summed E-state index contributed by atoms with van der Waals surface area (Å²) in [7, 11) is 0. The highest BCUT2D eigenvalue weighted by atomic mass is 35.5. The van der Waals surface area contributed by atoms with Gasteiger partial charge in [-0.1, -0.05) is 80.3 Å². The van der Waals surface area contributed by atoms with E-state index in [1.54, 1.807) is 4.90 Å². The van der Waals surface area contributed by atoms with Crippen molar-refractivity contribution in [2.75, 3.05) is 0 Å². The van der Waals surface area contributed by atoms with Gasteiger partial charge in [0, 0.05) is 24.0 Å². The molecule has 0 spiro atoms. The Morgan fingerprint density at radius 1 is 1.03 bits per heavy atom. The molecule has 1 unspecified atom stereocenters. The molecule has 172 valence electrons. The molecule has 1 aliphatic carbocycles. The highest BCUT2D eigenvalue weighted by Gasteiger charge is 2.28.